The van der Waals surface area contributed by atoms with Gasteiger partial charge in [0.1, 0.15) is 12.1 Å². The topological polar surface area (TPSA) is 107 Å². The molecule has 2 heterocycles. The minimum absolute atomic E-state index is 0.0486. The van der Waals surface area contributed by atoms with E-state index in [1.807, 2.05) is 31.2 Å². The van der Waals surface area contributed by atoms with E-state index < -0.39 is 30.0 Å². The van der Waals surface area contributed by atoms with Crippen molar-refractivity contribution in [3.05, 3.63) is 35.4 Å². The number of fused-ring (bicyclic) bond motifs is 2. The van der Waals surface area contributed by atoms with Gasteiger partial charge in [0.2, 0.25) is 5.91 Å². The van der Waals surface area contributed by atoms with Crippen LogP contribution in [0.5, 0.6) is 0 Å². The van der Waals surface area contributed by atoms with Crippen molar-refractivity contribution < 1.29 is 24.3 Å². The first-order valence-corrected chi connectivity index (χ1v) is 9.63. The SMILES string of the molecule is CCCCC(NC(=O)CCN1C(=O)[C@@H]2Cc3ccccc3CN2C1=O)C(=O)O. The summed E-state index contributed by atoms with van der Waals surface area (Å²) in [5, 5.41) is 11.7. The molecule has 2 N–H and O–H groups in total. The molecule has 4 amide bonds. The zero-order valence-electron chi connectivity index (χ0n) is 15.9. The Morgan fingerprint density at radius 3 is 2.64 bits per heavy atom. The standard InChI is InChI=1S/C20H25N3O5/c1-2-3-8-15(19(26)27)21-17(24)9-10-22-18(25)16-11-13-6-4-5-7-14(13)12-23(16)20(22)28/h4-7,15-16H,2-3,8-12H2,1H3,(H,21,24)(H,26,27)/t15?,16-/m0/s1. The Morgan fingerprint density at radius 1 is 1.25 bits per heavy atom. The molecular formula is C20H25N3O5. The van der Waals surface area contributed by atoms with Crippen molar-refractivity contribution in [1.29, 1.82) is 0 Å². The smallest absolute Gasteiger partial charge is 0.327 e. The second-order valence-corrected chi connectivity index (χ2v) is 7.24. The third-order valence-corrected chi connectivity index (χ3v) is 5.32. The molecule has 0 aliphatic carbocycles. The predicted octanol–water partition coefficient (Wildman–Crippen LogP) is 1.53. The number of benzene rings is 1. The number of carboxylic acids is 1. The number of aliphatic carboxylic acids is 1. The molecule has 150 valence electrons. The average Bonchev–Trinajstić information content (AvgIpc) is 2.91. The van der Waals surface area contributed by atoms with Gasteiger partial charge >= 0.3 is 12.0 Å². The number of urea groups is 1. The molecule has 0 saturated carbocycles. The Labute approximate surface area is 163 Å². The number of unbranched alkanes of at least 4 members (excludes halogenated alkanes) is 1. The Hall–Kier alpha value is -2.90. The number of rotatable bonds is 8. The van der Waals surface area contributed by atoms with Crippen molar-refractivity contribution in [3.8, 4) is 0 Å². The molecule has 1 aromatic rings. The lowest BCUT2D eigenvalue weighted by molar-refractivity contribution is -0.142. The van der Waals surface area contributed by atoms with Gasteiger partial charge in [0.25, 0.3) is 5.91 Å². The van der Waals surface area contributed by atoms with Crippen molar-refractivity contribution in [2.45, 2.75) is 57.7 Å². The molecule has 2 aliphatic rings. The minimum Gasteiger partial charge on any atom is -0.480 e. The first-order chi connectivity index (χ1) is 13.4. The van der Waals surface area contributed by atoms with Gasteiger partial charge in [0.15, 0.2) is 0 Å². The monoisotopic (exact) mass is 387 g/mol. The van der Waals surface area contributed by atoms with E-state index in [4.69, 9.17) is 0 Å². The van der Waals surface area contributed by atoms with Crippen molar-refractivity contribution >= 4 is 23.8 Å². The molecule has 1 fully saturated rings. The summed E-state index contributed by atoms with van der Waals surface area (Å²) in [4.78, 5) is 51.4. The van der Waals surface area contributed by atoms with Crippen molar-refractivity contribution in [3.63, 3.8) is 0 Å². The summed E-state index contributed by atoms with van der Waals surface area (Å²) in [6, 6.07) is 5.86. The molecule has 2 atom stereocenters. The third kappa shape index (κ3) is 4.00. The largest absolute Gasteiger partial charge is 0.480 e. The maximum absolute atomic E-state index is 12.7. The number of hydrogen-bond donors (Lipinski definition) is 2. The highest BCUT2D eigenvalue weighted by atomic mass is 16.4. The minimum atomic E-state index is -1.08. The number of amides is 4. The summed E-state index contributed by atoms with van der Waals surface area (Å²) in [5.74, 6) is -1.85. The lowest BCUT2D eigenvalue weighted by Gasteiger charge is -2.28. The number of carboxylic acid groups (broad SMARTS) is 1. The fourth-order valence-corrected chi connectivity index (χ4v) is 3.73. The summed E-state index contributed by atoms with van der Waals surface area (Å²) in [7, 11) is 0. The number of imide groups is 1. The summed E-state index contributed by atoms with van der Waals surface area (Å²) in [6.45, 7) is 2.28. The van der Waals surface area contributed by atoms with Gasteiger partial charge in [-0.25, -0.2) is 9.59 Å². The van der Waals surface area contributed by atoms with E-state index in [1.54, 1.807) is 4.90 Å². The number of carbonyl (C=O) groups excluding carboxylic acids is 3. The molecule has 0 bridgehead atoms. The molecule has 1 aromatic carbocycles. The predicted molar refractivity (Wildman–Crippen MR) is 100 cm³/mol. The second-order valence-electron chi connectivity index (χ2n) is 7.24. The Bertz CT molecular complexity index is 751. The second kappa shape index (κ2) is 8.41. The summed E-state index contributed by atoms with van der Waals surface area (Å²) in [5.41, 5.74) is 2.09. The van der Waals surface area contributed by atoms with E-state index in [0.717, 1.165) is 22.4 Å². The maximum atomic E-state index is 12.7. The lowest BCUT2D eigenvalue weighted by Crippen LogP contribution is -2.42. The average molecular weight is 387 g/mol. The van der Waals surface area contributed by atoms with Crippen LogP contribution in [-0.4, -0.2) is 57.3 Å². The molecule has 1 unspecified atom stereocenters. The van der Waals surface area contributed by atoms with Gasteiger partial charge in [-0.15, -0.1) is 0 Å². The van der Waals surface area contributed by atoms with E-state index >= 15 is 0 Å². The Kier molecular flexibility index (Phi) is 5.96. The number of carbonyl (C=O) groups is 4. The zero-order chi connectivity index (χ0) is 20.3. The summed E-state index contributed by atoms with van der Waals surface area (Å²) in [6.07, 6.45) is 2.24. The highest BCUT2D eigenvalue weighted by Gasteiger charge is 2.46. The molecular weight excluding hydrogens is 362 g/mol. The van der Waals surface area contributed by atoms with Crippen LogP contribution in [0.3, 0.4) is 0 Å². The van der Waals surface area contributed by atoms with Crippen LogP contribution in [0.1, 0.15) is 43.7 Å². The van der Waals surface area contributed by atoms with Gasteiger partial charge in [-0.1, -0.05) is 44.0 Å². The number of hydrogen-bond acceptors (Lipinski definition) is 4. The fourth-order valence-electron chi connectivity index (χ4n) is 3.73. The lowest BCUT2D eigenvalue weighted by atomic mass is 9.95. The Balaban J connectivity index is 1.58. The molecule has 3 rings (SSSR count). The highest BCUT2D eigenvalue weighted by molar-refractivity contribution is 6.05. The molecule has 8 heteroatoms. The molecule has 0 spiro atoms. The normalized spacial score (nSPS) is 19.2. The molecule has 1 saturated heterocycles. The quantitative estimate of drug-likeness (QED) is 0.658. The van der Waals surface area contributed by atoms with E-state index in [1.165, 1.54) is 0 Å². The van der Waals surface area contributed by atoms with Gasteiger partial charge in [-0.3, -0.25) is 14.5 Å². The maximum Gasteiger partial charge on any atom is 0.327 e. The number of nitrogens with one attached hydrogen (secondary N) is 1. The van der Waals surface area contributed by atoms with Gasteiger partial charge in [-0.2, -0.15) is 0 Å². The Morgan fingerprint density at radius 2 is 1.96 bits per heavy atom. The van der Waals surface area contributed by atoms with E-state index in [9.17, 15) is 24.3 Å². The zero-order valence-corrected chi connectivity index (χ0v) is 15.9. The van der Waals surface area contributed by atoms with E-state index in [-0.39, 0.29) is 18.9 Å². The molecule has 2 aliphatic heterocycles. The fraction of sp³-hybridized carbons (Fsp3) is 0.500. The molecule has 8 nitrogen and oxygen atoms in total. The van der Waals surface area contributed by atoms with Crippen molar-refractivity contribution in [1.82, 2.24) is 15.1 Å². The van der Waals surface area contributed by atoms with Crippen LogP contribution >= 0.6 is 0 Å². The first kappa shape index (κ1) is 19.9. The molecule has 28 heavy (non-hydrogen) atoms. The van der Waals surface area contributed by atoms with Crippen LogP contribution in [0.25, 0.3) is 0 Å². The van der Waals surface area contributed by atoms with Crippen LogP contribution in [0.2, 0.25) is 0 Å². The third-order valence-electron chi connectivity index (χ3n) is 5.32. The van der Waals surface area contributed by atoms with Crippen LogP contribution in [-0.2, 0) is 27.3 Å². The summed E-state index contributed by atoms with van der Waals surface area (Å²) >= 11 is 0. The van der Waals surface area contributed by atoms with Crippen LogP contribution in [0.4, 0.5) is 4.79 Å². The highest BCUT2D eigenvalue weighted by Crippen LogP contribution is 2.29. The number of nitrogens with zero attached hydrogens (tertiary/aromatic N) is 2. The van der Waals surface area contributed by atoms with E-state index in [0.29, 0.717) is 25.8 Å². The first-order valence-electron chi connectivity index (χ1n) is 9.63. The van der Waals surface area contributed by atoms with Crippen LogP contribution in [0.15, 0.2) is 24.3 Å². The van der Waals surface area contributed by atoms with Crippen LogP contribution < -0.4 is 5.32 Å². The van der Waals surface area contributed by atoms with Crippen molar-refractivity contribution in [2.24, 2.45) is 0 Å². The van der Waals surface area contributed by atoms with Gasteiger partial charge in [-0.05, 0) is 17.5 Å². The molecule has 0 radical (unpaired) electrons. The van der Waals surface area contributed by atoms with Crippen LogP contribution in [0, 0.1) is 0 Å². The molecule has 0 aromatic heterocycles. The van der Waals surface area contributed by atoms with Gasteiger partial charge < -0.3 is 15.3 Å². The van der Waals surface area contributed by atoms with Crippen molar-refractivity contribution in [2.75, 3.05) is 6.54 Å². The van der Waals surface area contributed by atoms with Gasteiger partial charge in [0.05, 0.1) is 0 Å². The summed E-state index contributed by atoms with van der Waals surface area (Å²) < 4.78 is 0. The van der Waals surface area contributed by atoms with Gasteiger partial charge in [0, 0.05) is 25.9 Å². The van der Waals surface area contributed by atoms with E-state index in [2.05, 4.69) is 5.32 Å².